The standard InChI is InChI=1S/C16H21NO4/c1-21-14-6-4-12(5-7-14)9-15(18)17-8-2-3-13(11-17)10-16(19)20/h4-7,13H,2-3,8-11H2,1H3,(H,19,20). The lowest BCUT2D eigenvalue weighted by Gasteiger charge is -2.32. The maximum atomic E-state index is 12.3. The Hall–Kier alpha value is -2.04. The summed E-state index contributed by atoms with van der Waals surface area (Å²) >= 11 is 0. The Labute approximate surface area is 124 Å². The Morgan fingerprint density at radius 2 is 2.05 bits per heavy atom. The van der Waals surface area contributed by atoms with Crippen LogP contribution in [-0.4, -0.2) is 42.1 Å². The van der Waals surface area contributed by atoms with E-state index in [4.69, 9.17) is 9.84 Å². The SMILES string of the molecule is COc1ccc(CC(=O)N2CCCC(CC(=O)O)C2)cc1. The third-order valence-corrected chi connectivity index (χ3v) is 3.85. The molecule has 0 radical (unpaired) electrons. The predicted octanol–water partition coefficient (Wildman–Crippen LogP) is 1.95. The minimum atomic E-state index is -0.788. The molecule has 0 aliphatic carbocycles. The molecule has 1 aliphatic heterocycles. The van der Waals surface area contributed by atoms with Gasteiger partial charge in [0.05, 0.1) is 13.5 Å². The first-order chi connectivity index (χ1) is 10.1. The van der Waals surface area contributed by atoms with Crippen molar-refractivity contribution in [3.05, 3.63) is 29.8 Å². The average molecular weight is 291 g/mol. The van der Waals surface area contributed by atoms with Crippen LogP contribution in [-0.2, 0) is 16.0 Å². The minimum absolute atomic E-state index is 0.0651. The van der Waals surface area contributed by atoms with Gasteiger partial charge in [-0.25, -0.2) is 0 Å². The van der Waals surface area contributed by atoms with Gasteiger partial charge in [0.1, 0.15) is 5.75 Å². The monoisotopic (exact) mass is 291 g/mol. The zero-order valence-electron chi connectivity index (χ0n) is 12.2. The van der Waals surface area contributed by atoms with Gasteiger partial charge in [0.15, 0.2) is 0 Å². The number of ether oxygens (including phenoxy) is 1. The number of amides is 1. The van der Waals surface area contributed by atoms with Gasteiger partial charge in [-0.15, -0.1) is 0 Å². The van der Waals surface area contributed by atoms with Crippen molar-refractivity contribution in [2.24, 2.45) is 5.92 Å². The number of carboxylic acid groups (broad SMARTS) is 1. The summed E-state index contributed by atoms with van der Waals surface area (Å²) < 4.78 is 5.09. The highest BCUT2D eigenvalue weighted by Gasteiger charge is 2.25. The summed E-state index contributed by atoms with van der Waals surface area (Å²) in [6.07, 6.45) is 2.26. The van der Waals surface area contributed by atoms with Gasteiger partial charge in [0, 0.05) is 19.5 Å². The lowest BCUT2D eigenvalue weighted by atomic mass is 9.94. The van der Waals surface area contributed by atoms with Crippen molar-refractivity contribution in [2.75, 3.05) is 20.2 Å². The molecule has 5 nitrogen and oxygen atoms in total. The molecule has 0 saturated carbocycles. The van der Waals surface area contributed by atoms with Crippen molar-refractivity contribution in [3.8, 4) is 5.75 Å². The molecule has 2 rings (SSSR count). The van der Waals surface area contributed by atoms with Crippen LogP contribution >= 0.6 is 0 Å². The van der Waals surface area contributed by atoms with Gasteiger partial charge in [-0.3, -0.25) is 9.59 Å². The molecular formula is C16H21NO4. The predicted molar refractivity (Wildman–Crippen MR) is 78.3 cm³/mol. The number of aliphatic carboxylic acids is 1. The van der Waals surface area contributed by atoms with Crippen LogP contribution < -0.4 is 4.74 Å². The number of methoxy groups -OCH3 is 1. The minimum Gasteiger partial charge on any atom is -0.497 e. The number of carboxylic acids is 1. The Morgan fingerprint density at radius 1 is 1.33 bits per heavy atom. The molecule has 1 heterocycles. The molecule has 21 heavy (non-hydrogen) atoms. The van der Waals surface area contributed by atoms with Gasteiger partial charge in [0.25, 0.3) is 0 Å². The molecule has 0 spiro atoms. The molecule has 1 aromatic rings. The molecule has 1 amide bonds. The number of carbonyl (C=O) groups excluding carboxylic acids is 1. The van der Waals surface area contributed by atoms with E-state index in [0.29, 0.717) is 13.0 Å². The lowest BCUT2D eigenvalue weighted by molar-refractivity contribution is -0.140. The van der Waals surface area contributed by atoms with Crippen LogP contribution in [0.2, 0.25) is 0 Å². The summed E-state index contributed by atoms with van der Waals surface area (Å²) in [6.45, 7) is 1.28. The highest BCUT2D eigenvalue weighted by molar-refractivity contribution is 5.79. The van der Waals surface area contributed by atoms with E-state index in [1.807, 2.05) is 24.3 Å². The molecule has 1 aromatic carbocycles. The number of rotatable bonds is 5. The first kappa shape index (κ1) is 15.4. The molecular weight excluding hydrogens is 270 g/mol. The van der Waals surface area contributed by atoms with Gasteiger partial charge < -0.3 is 14.7 Å². The Balaban J connectivity index is 1.91. The number of likely N-dealkylation sites (tertiary alicyclic amines) is 1. The quantitative estimate of drug-likeness (QED) is 0.900. The highest BCUT2D eigenvalue weighted by atomic mass is 16.5. The highest BCUT2D eigenvalue weighted by Crippen LogP contribution is 2.20. The van der Waals surface area contributed by atoms with Gasteiger partial charge in [0.2, 0.25) is 5.91 Å². The van der Waals surface area contributed by atoms with E-state index in [1.54, 1.807) is 12.0 Å². The Bertz CT molecular complexity index is 498. The molecule has 0 bridgehead atoms. The van der Waals surface area contributed by atoms with Gasteiger partial charge >= 0.3 is 5.97 Å². The third-order valence-electron chi connectivity index (χ3n) is 3.85. The fourth-order valence-electron chi connectivity index (χ4n) is 2.73. The fraction of sp³-hybridized carbons (Fsp3) is 0.500. The van der Waals surface area contributed by atoms with E-state index in [2.05, 4.69) is 0 Å². The maximum absolute atomic E-state index is 12.3. The van der Waals surface area contributed by atoms with Crippen LogP contribution in [0.3, 0.4) is 0 Å². The van der Waals surface area contributed by atoms with Crippen molar-refractivity contribution in [1.29, 1.82) is 0 Å². The first-order valence-electron chi connectivity index (χ1n) is 7.21. The van der Waals surface area contributed by atoms with Crippen LogP contribution in [0.5, 0.6) is 5.75 Å². The average Bonchev–Trinajstić information content (AvgIpc) is 2.47. The summed E-state index contributed by atoms with van der Waals surface area (Å²) in [5, 5.41) is 8.86. The zero-order chi connectivity index (χ0) is 15.2. The molecule has 1 fully saturated rings. The van der Waals surface area contributed by atoms with Crippen molar-refractivity contribution in [3.63, 3.8) is 0 Å². The molecule has 5 heteroatoms. The summed E-state index contributed by atoms with van der Waals surface area (Å²) in [5.41, 5.74) is 0.946. The van der Waals surface area contributed by atoms with Crippen molar-refractivity contribution in [2.45, 2.75) is 25.7 Å². The van der Waals surface area contributed by atoms with Crippen LogP contribution in [0, 0.1) is 5.92 Å². The van der Waals surface area contributed by atoms with Gasteiger partial charge in [-0.1, -0.05) is 12.1 Å². The van der Waals surface area contributed by atoms with Crippen molar-refractivity contribution in [1.82, 2.24) is 4.90 Å². The lowest BCUT2D eigenvalue weighted by Crippen LogP contribution is -2.41. The summed E-state index contributed by atoms with van der Waals surface area (Å²) in [4.78, 5) is 24.9. The van der Waals surface area contributed by atoms with Crippen LogP contribution in [0.25, 0.3) is 0 Å². The Kier molecular flexibility index (Phi) is 5.20. The number of hydrogen-bond donors (Lipinski definition) is 1. The van der Waals surface area contributed by atoms with E-state index in [0.717, 1.165) is 30.7 Å². The molecule has 1 N–H and O–H groups in total. The number of nitrogens with zero attached hydrogens (tertiary/aromatic N) is 1. The van der Waals surface area contributed by atoms with Gasteiger partial charge in [-0.2, -0.15) is 0 Å². The molecule has 1 atom stereocenters. The van der Waals surface area contributed by atoms with Gasteiger partial charge in [-0.05, 0) is 36.5 Å². The van der Waals surface area contributed by atoms with Crippen LogP contribution in [0.15, 0.2) is 24.3 Å². The molecule has 1 unspecified atom stereocenters. The first-order valence-corrected chi connectivity index (χ1v) is 7.21. The van der Waals surface area contributed by atoms with E-state index >= 15 is 0 Å². The molecule has 0 aromatic heterocycles. The Morgan fingerprint density at radius 3 is 2.67 bits per heavy atom. The summed E-state index contributed by atoms with van der Waals surface area (Å²) in [6, 6.07) is 7.45. The number of hydrogen-bond acceptors (Lipinski definition) is 3. The van der Waals surface area contributed by atoms with E-state index in [-0.39, 0.29) is 18.2 Å². The van der Waals surface area contributed by atoms with Crippen molar-refractivity contribution >= 4 is 11.9 Å². The molecule has 114 valence electrons. The number of benzene rings is 1. The topological polar surface area (TPSA) is 66.8 Å². The van der Waals surface area contributed by atoms with E-state index < -0.39 is 5.97 Å². The van der Waals surface area contributed by atoms with E-state index in [9.17, 15) is 9.59 Å². The second kappa shape index (κ2) is 7.11. The zero-order valence-corrected chi connectivity index (χ0v) is 12.2. The normalized spacial score (nSPS) is 18.3. The van der Waals surface area contributed by atoms with Crippen LogP contribution in [0.1, 0.15) is 24.8 Å². The smallest absolute Gasteiger partial charge is 0.303 e. The second-order valence-electron chi connectivity index (χ2n) is 5.47. The molecule has 1 aliphatic rings. The van der Waals surface area contributed by atoms with Crippen LogP contribution in [0.4, 0.5) is 0 Å². The summed E-state index contributed by atoms with van der Waals surface area (Å²) in [5.74, 6) is 0.126. The van der Waals surface area contributed by atoms with Crippen molar-refractivity contribution < 1.29 is 19.4 Å². The van der Waals surface area contributed by atoms with E-state index in [1.165, 1.54) is 0 Å². The number of carbonyl (C=O) groups is 2. The second-order valence-corrected chi connectivity index (χ2v) is 5.47. The maximum Gasteiger partial charge on any atom is 0.303 e. The molecule has 1 saturated heterocycles. The fourth-order valence-corrected chi connectivity index (χ4v) is 2.73. The largest absolute Gasteiger partial charge is 0.497 e. The third kappa shape index (κ3) is 4.48. The number of piperidine rings is 1. The summed E-state index contributed by atoms with van der Waals surface area (Å²) in [7, 11) is 1.61.